The first kappa shape index (κ1) is 16.0. The largest absolute Gasteiger partial charge is 0.358 e. The predicted octanol–water partition coefficient (Wildman–Crippen LogP) is 0.750. The van der Waals surface area contributed by atoms with E-state index in [2.05, 4.69) is 35.9 Å². The van der Waals surface area contributed by atoms with Crippen LogP contribution in [0.5, 0.6) is 0 Å². The summed E-state index contributed by atoms with van der Waals surface area (Å²) in [5.74, 6) is -0.964. The summed E-state index contributed by atoms with van der Waals surface area (Å²) in [6, 6.07) is 4.11. The van der Waals surface area contributed by atoms with E-state index in [-0.39, 0.29) is 23.6 Å². The van der Waals surface area contributed by atoms with Gasteiger partial charge in [-0.25, -0.2) is 0 Å². The first-order chi connectivity index (χ1) is 11.9. The number of rotatable bonds is 6. The highest BCUT2D eigenvalue weighted by Gasteiger charge is 2.19. The molecule has 128 valence electrons. The number of nitrogens with one attached hydrogen (secondary N) is 4. The van der Waals surface area contributed by atoms with Gasteiger partial charge in [-0.15, -0.1) is 5.10 Å². The summed E-state index contributed by atoms with van der Waals surface area (Å²) in [5.41, 5.74) is 1.17. The summed E-state index contributed by atoms with van der Waals surface area (Å²) >= 11 is 0. The van der Waals surface area contributed by atoms with Crippen LogP contribution in [0.4, 0.5) is 11.6 Å². The molecule has 25 heavy (non-hydrogen) atoms. The van der Waals surface area contributed by atoms with Crippen LogP contribution in [-0.2, 0) is 6.42 Å². The van der Waals surface area contributed by atoms with Crippen molar-refractivity contribution in [2.24, 2.45) is 0 Å². The normalized spacial score (nSPS) is 10.6. The minimum absolute atomic E-state index is 0.0701. The molecule has 0 aliphatic heterocycles. The van der Waals surface area contributed by atoms with Crippen molar-refractivity contribution in [3.8, 4) is 0 Å². The van der Waals surface area contributed by atoms with E-state index in [1.807, 2.05) is 0 Å². The van der Waals surface area contributed by atoms with Gasteiger partial charge in [-0.1, -0.05) is 5.10 Å². The van der Waals surface area contributed by atoms with Crippen LogP contribution in [0.15, 0.2) is 18.2 Å². The molecule has 0 bridgehead atoms. The number of hydrogen-bond acceptors (Lipinski definition) is 7. The average Bonchev–Trinajstić information content (AvgIpc) is 3.27. The molecule has 0 radical (unpaired) electrons. The molecular weight excluding hydrogens is 332 g/mol. The number of aryl methyl sites for hydroxylation is 1. The maximum absolute atomic E-state index is 12.1. The first-order valence-electron chi connectivity index (χ1n) is 7.03. The Hall–Kier alpha value is -3.83. The standard InChI is InChI=1S/C13H12N8O4/c1-6-2-11(19-15-6)14-13(23)9-3-7(16-18-9)4-10(22)8-5-12(20-17-8)21(24)25/h2-3,5H,4H2,1H3,(H,16,18)(H,17,20)(H2,14,15,19,23). The van der Waals surface area contributed by atoms with Crippen molar-refractivity contribution in [1.82, 2.24) is 30.6 Å². The number of aromatic amines is 3. The van der Waals surface area contributed by atoms with Gasteiger partial charge in [-0.2, -0.15) is 10.2 Å². The number of carbonyl (C=O) groups is 2. The molecule has 0 unspecified atom stereocenters. The van der Waals surface area contributed by atoms with E-state index in [0.717, 1.165) is 11.8 Å². The number of H-pyrrole nitrogens is 3. The molecule has 4 N–H and O–H groups in total. The molecule has 3 aromatic heterocycles. The van der Waals surface area contributed by atoms with Crippen LogP contribution < -0.4 is 5.32 Å². The van der Waals surface area contributed by atoms with Crippen LogP contribution in [-0.4, -0.2) is 47.2 Å². The Balaban J connectivity index is 1.65. The van der Waals surface area contributed by atoms with Crippen molar-refractivity contribution < 1.29 is 14.5 Å². The van der Waals surface area contributed by atoms with Crippen LogP contribution in [0, 0.1) is 17.0 Å². The Kier molecular flexibility index (Phi) is 4.07. The second-order valence-corrected chi connectivity index (χ2v) is 5.16. The van der Waals surface area contributed by atoms with Gasteiger partial charge in [-0.3, -0.25) is 19.8 Å². The second kappa shape index (κ2) is 6.35. The minimum atomic E-state index is -0.681. The monoisotopic (exact) mass is 344 g/mol. The summed E-state index contributed by atoms with van der Waals surface area (Å²) in [4.78, 5) is 34.0. The average molecular weight is 344 g/mol. The number of ketones is 1. The fourth-order valence-electron chi connectivity index (χ4n) is 2.04. The zero-order valence-corrected chi connectivity index (χ0v) is 12.9. The zero-order chi connectivity index (χ0) is 18.0. The molecular formula is C13H12N8O4. The van der Waals surface area contributed by atoms with Crippen molar-refractivity contribution in [2.45, 2.75) is 13.3 Å². The lowest BCUT2D eigenvalue weighted by Gasteiger charge is -1.96. The summed E-state index contributed by atoms with van der Waals surface area (Å²) in [6.07, 6.45) is -0.135. The van der Waals surface area contributed by atoms with Gasteiger partial charge in [0.15, 0.2) is 23.0 Å². The van der Waals surface area contributed by atoms with Crippen LogP contribution >= 0.6 is 0 Å². The highest BCUT2D eigenvalue weighted by Crippen LogP contribution is 2.12. The number of Topliss-reactive ketones (excluding diaryl/α,β-unsaturated/α-hetero) is 1. The third-order valence-electron chi connectivity index (χ3n) is 3.21. The van der Waals surface area contributed by atoms with Gasteiger partial charge in [0.25, 0.3) is 5.91 Å². The maximum atomic E-state index is 12.1. The summed E-state index contributed by atoms with van der Waals surface area (Å²) in [6.45, 7) is 1.79. The van der Waals surface area contributed by atoms with Crippen LogP contribution in [0.2, 0.25) is 0 Å². The molecule has 3 aromatic rings. The van der Waals surface area contributed by atoms with Crippen LogP contribution in [0.1, 0.15) is 32.4 Å². The van der Waals surface area contributed by atoms with E-state index >= 15 is 0 Å². The van der Waals surface area contributed by atoms with E-state index in [0.29, 0.717) is 11.5 Å². The van der Waals surface area contributed by atoms with Crippen molar-refractivity contribution in [3.05, 3.63) is 51.1 Å². The molecule has 0 spiro atoms. The summed E-state index contributed by atoms with van der Waals surface area (Å²) in [7, 11) is 0. The van der Waals surface area contributed by atoms with Gasteiger partial charge < -0.3 is 15.4 Å². The molecule has 0 saturated carbocycles. The van der Waals surface area contributed by atoms with E-state index in [1.54, 1.807) is 13.0 Å². The first-order valence-corrected chi connectivity index (χ1v) is 7.03. The van der Waals surface area contributed by atoms with Gasteiger partial charge in [0.05, 0.1) is 12.5 Å². The number of nitrogens with zero attached hydrogens (tertiary/aromatic N) is 4. The highest BCUT2D eigenvalue weighted by atomic mass is 16.6. The molecule has 12 heteroatoms. The Morgan fingerprint density at radius 1 is 1.12 bits per heavy atom. The molecule has 0 atom stereocenters. The molecule has 3 rings (SSSR count). The molecule has 0 saturated heterocycles. The third-order valence-corrected chi connectivity index (χ3v) is 3.21. The Bertz CT molecular complexity index is 953. The van der Waals surface area contributed by atoms with Gasteiger partial charge in [0.2, 0.25) is 0 Å². The van der Waals surface area contributed by atoms with Crippen molar-refractivity contribution >= 4 is 23.3 Å². The fraction of sp³-hybridized carbons (Fsp3) is 0.154. The van der Waals surface area contributed by atoms with Gasteiger partial charge in [0.1, 0.15) is 0 Å². The molecule has 0 aromatic carbocycles. The van der Waals surface area contributed by atoms with Crippen molar-refractivity contribution in [3.63, 3.8) is 0 Å². The number of nitro groups is 1. The van der Waals surface area contributed by atoms with Crippen molar-refractivity contribution in [1.29, 1.82) is 0 Å². The van der Waals surface area contributed by atoms with Gasteiger partial charge >= 0.3 is 5.82 Å². The van der Waals surface area contributed by atoms with E-state index < -0.39 is 16.6 Å². The third kappa shape index (κ3) is 3.57. The summed E-state index contributed by atoms with van der Waals surface area (Å²) < 4.78 is 0. The van der Waals surface area contributed by atoms with Gasteiger partial charge in [0, 0.05) is 17.5 Å². The predicted molar refractivity (Wildman–Crippen MR) is 83.1 cm³/mol. The van der Waals surface area contributed by atoms with Crippen LogP contribution in [0.25, 0.3) is 0 Å². The topological polar surface area (TPSA) is 175 Å². The molecule has 3 heterocycles. The van der Waals surface area contributed by atoms with E-state index in [9.17, 15) is 19.7 Å². The quantitative estimate of drug-likeness (QED) is 0.289. The van der Waals surface area contributed by atoms with E-state index in [1.165, 1.54) is 6.07 Å². The molecule has 12 nitrogen and oxygen atoms in total. The smallest absolute Gasteiger partial charge is 0.343 e. The summed E-state index contributed by atoms with van der Waals surface area (Å²) in [5, 5.41) is 31.9. The SMILES string of the molecule is Cc1cc(NC(=O)c2cc(CC(=O)c3cc([N+](=O)[O-])[nH]n3)[nH]n2)n[nH]1. The minimum Gasteiger partial charge on any atom is -0.358 e. The second-order valence-electron chi connectivity index (χ2n) is 5.16. The number of hydrogen-bond donors (Lipinski definition) is 4. The zero-order valence-electron chi connectivity index (χ0n) is 12.9. The fourth-order valence-corrected chi connectivity index (χ4v) is 2.04. The lowest BCUT2D eigenvalue weighted by Crippen LogP contribution is -2.12. The molecule has 0 aliphatic carbocycles. The van der Waals surface area contributed by atoms with Gasteiger partial charge in [-0.05, 0) is 17.9 Å². The maximum Gasteiger partial charge on any atom is 0.343 e. The lowest BCUT2D eigenvalue weighted by molar-refractivity contribution is -0.389. The number of aromatic nitrogens is 6. The Morgan fingerprint density at radius 2 is 1.88 bits per heavy atom. The Morgan fingerprint density at radius 3 is 2.52 bits per heavy atom. The molecule has 0 fully saturated rings. The Labute approximate surface area is 139 Å². The number of amides is 1. The lowest BCUT2D eigenvalue weighted by atomic mass is 10.1. The number of carbonyl (C=O) groups excluding carboxylic acids is 2. The molecule has 0 aliphatic rings. The highest BCUT2D eigenvalue weighted by molar-refractivity contribution is 6.02. The van der Waals surface area contributed by atoms with E-state index in [4.69, 9.17) is 0 Å². The molecule has 1 amide bonds. The van der Waals surface area contributed by atoms with Crippen molar-refractivity contribution in [2.75, 3.05) is 5.32 Å². The van der Waals surface area contributed by atoms with Crippen LogP contribution in [0.3, 0.4) is 0 Å². The number of anilines is 1.